The van der Waals surface area contributed by atoms with Crippen molar-refractivity contribution < 1.29 is 39.3 Å². The number of carboxylic acid groups (broad SMARTS) is 2. The number of carboxylic acids is 2. The fraction of sp³-hybridized carbons (Fsp3) is 0.500. The van der Waals surface area contributed by atoms with Gasteiger partial charge >= 0.3 is 11.9 Å². The molecular weight excluding hydrogens is 448 g/mol. The van der Waals surface area contributed by atoms with Crippen LogP contribution in [0.15, 0.2) is 24.3 Å². The van der Waals surface area contributed by atoms with Gasteiger partial charge in [-0.05, 0) is 30.5 Å². The first kappa shape index (κ1) is 28.4. The van der Waals surface area contributed by atoms with Crippen molar-refractivity contribution in [3.63, 3.8) is 0 Å². The van der Waals surface area contributed by atoms with Crippen molar-refractivity contribution in [2.24, 2.45) is 11.7 Å². The van der Waals surface area contributed by atoms with Gasteiger partial charge in [0.05, 0.1) is 12.5 Å². The lowest BCUT2D eigenvalue weighted by Crippen LogP contribution is -2.58. The van der Waals surface area contributed by atoms with E-state index in [0.29, 0.717) is 12.0 Å². The molecule has 0 aromatic heterocycles. The number of hydrogen-bond donors (Lipinski definition) is 7. The van der Waals surface area contributed by atoms with E-state index in [9.17, 15) is 34.2 Å². The average Bonchev–Trinajstić information content (AvgIpc) is 2.76. The topological polar surface area (TPSA) is 208 Å². The Morgan fingerprint density at radius 3 is 2.00 bits per heavy atom. The van der Waals surface area contributed by atoms with E-state index in [0.717, 1.165) is 0 Å². The summed E-state index contributed by atoms with van der Waals surface area (Å²) in [5.41, 5.74) is 6.06. The smallest absolute Gasteiger partial charge is 0.326 e. The molecule has 0 aliphatic carbocycles. The molecule has 0 radical (unpaired) electrons. The molecule has 1 aromatic carbocycles. The second-order valence-electron chi connectivity index (χ2n) is 8.08. The average molecular weight is 481 g/mol. The van der Waals surface area contributed by atoms with E-state index >= 15 is 0 Å². The summed E-state index contributed by atoms with van der Waals surface area (Å²) in [6.07, 6.45) is -0.176. The molecule has 0 aliphatic heterocycles. The Hall–Kier alpha value is -3.67. The maximum atomic E-state index is 12.9. The van der Waals surface area contributed by atoms with Crippen LogP contribution in [0.2, 0.25) is 0 Å². The normalized spacial score (nSPS) is 15.2. The molecule has 0 spiro atoms. The molecule has 1 rings (SSSR count). The van der Waals surface area contributed by atoms with Crippen molar-refractivity contribution >= 4 is 29.7 Å². The summed E-state index contributed by atoms with van der Waals surface area (Å²) in [4.78, 5) is 59.9. The molecule has 0 saturated heterocycles. The van der Waals surface area contributed by atoms with Gasteiger partial charge < -0.3 is 37.0 Å². The lowest BCUT2D eigenvalue weighted by molar-refractivity contribution is -0.142. The third kappa shape index (κ3) is 9.06. The van der Waals surface area contributed by atoms with Crippen LogP contribution in [0, 0.1) is 5.92 Å². The monoisotopic (exact) mass is 480 g/mol. The highest BCUT2D eigenvalue weighted by molar-refractivity contribution is 5.94. The predicted molar refractivity (Wildman–Crippen MR) is 121 cm³/mol. The Morgan fingerprint density at radius 2 is 1.50 bits per heavy atom. The van der Waals surface area contributed by atoms with Crippen LogP contribution in [-0.4, -0.2) is 69.1 Å². The summed E-state index contributed by atoms with van der Waals surface area (Å²) < 4.78 is 0. The highest BCUT2D eigenvalue weighted by atomic mass is 16.4. The van der Waals surface area contributed by atoms with Crippen LogP contribution < -0.4 is 21.7 Å². The number of hydrogen-bond acceptors (Lipinski definition) is 7. The number of aliphatic carboxylic acids is 2. The number of rotatable bonds is 13. The minimum Gasteiger partial charge on any atom is -0.508 e. The minimum absolute atomic E-state index is 0.0179. The van der Waals surface area contributed by atoms with Crippen LogP contribution in [0.3, 0.4) is 0 Å². The van der Waals surface area contributed by atoms with Crippen molar-refractivity contribution in [2.75, 3.05) is 0 Å². The molecule has 0 unspecified atom stereocenters. The SMILES string of the molecule is CC[C@H](C)[C@H](NC(=O)[C@H](C)NC(=O)[C@@H](N)CC(=O)O)C(=O)N[C@@H](Cc1ccc(O)cc1)C(=O)O. The van der Waals surface area contributed by atoms with Crippen molar-refractivity contribution in [3.05, 3.63) is 29.8 Å². The van der Waals surface area contributed by atoms with Gasteiger partial charge in [0.25, 0.3) is 0 Å². The van der Waals surface area contributed by atoms with E-state index in [1.54, 1.807) is 13.8 Å². The number of carbonyl (C=O) groups is 5. The highest BCUT2D eigenvalue weighted by Crippen LogP contribution is 2.13. The van der Waals surface area contributed by atoms with E-state index in [1.807, 2.05) is 0 Å². The number of benzene rings is 1. The van der Waals surface area contributed by atoms with Crippen molar-refractivity contribution in [1.82, 2.24) is 16.0 Å². The first-order chi connectivity index (χ1) is 15.8. The maximum absolute atomic E-state index is 12.9. The highest BCUT2D eigenvalue weighted by Gasteiger charge is 2.31. The minimum atomic E-state index is -1.35. The van der Waals surface area contributed by atoms with Gasteiger partial charge in [0, 0.05) is 6.42 Å². The summed E-state index contributed by atoms with van der Waals surface area (Å²) in [6, 6.07) is 1.01. The van der Waals surface area contributed by atoms with Gasteiger partial charge in [-0.25, -0.2) is 4.79 Å². The molecule has 1 aromatic rings. The van der Waals surface area contributed by atoms with Crippen molar-refractivity contribution in [1.29, 1.82) is 0 Å². The standard InChI is InChI=1S/C22H32N4O8/c1-4-11(2)18(26-19(30)12(3)24-20(31)15(23)10-17(28)29)21(32)25-16(22(33)34)9-13-5-7-14(27)8-6-13/h5-8,11-12,15-16,18,27H,4,9-10,23H2,1-3H3,(H,24,31)(H,25,32)(H,26,30)(H,28,29)(H,33,34)/t11-,12-,15-,16-,18-/m0/s1. The quantitative estimate of drug-likeness (QED) is 0.191. The molecule has 8 N–H and O–H groups in total. The zero-order valence-corrected chi connectivity index (χ0v) is 19.3. The molecule has 0 fully saturated rings. The molecular formula is C22H32N4O8. The number of nitrogens with two attached hydrogens (primary N) is 1. The van der Waals surface area contributed by atoms with Crippen LogP contribution in [0.5, 0.6) is 5.75 Å². The zero-order valence-electron chi connectivity index (χ0n) is 19.3. The zero-order chi connectivity index (χ0) is 26.0. The first-order valence-electron chi connectivity index (χ1n) is 10.7. The second-order valence-corrected chi connectivity index (χ2v) is 8.08. The predicted octanol–water partition coefficient (Wildman–Crippen LogP) is -0.658. The van der Waals surface area contributed by atoms with Crippen molar-refractivity contribution in [2.45, 2.75) is 64.2 Å². The maximum Gasteiger partial charge on any atom is 0.326 e. The Morgan fingerprint density at radius 1 is 0.912 bits per heavy atom. The van der Waals surface area contributed by atoms with Crippen LogP contribution in [-0.2, 0) is 30.4 Å². The summed E-state index contributed by atoms with van der Waals surface area (Å²) in [7, 11) is 0. The van der Waals surface area contributed by atoms with Crippen LogP contribution in [0.4, 0.5) is 0 Å². The van der Waals surface area contributed by atoms with Gasteiger partial charge in [-0.2, -0.15) is 0 Å². The lowest BCUT2D eigenvalue weighted by atomic mass is 9.97. The van der Waals surface area contributed by atoms with Crippen LogP contribution >= 0.6 is 0 Å². The van der Waals surface area contributed by atoms with Crippen LogP contribution in [0.1, 0.15) is 39.2 Å². The van der Waals surface area contributed by atoms with Crippen LogP contribution in [0.25, 0.3) is 0 Å². The molecule has 0 bridgehead atoms. The molecule has 34 heavy (non-hydrogen) atoms. The van der Waals surface area contributed by atoms with Gasteiger partial charge in [0.1, 0.15) is 23.9 Å². The number of phenolic OH excluding ortho intramolecular Hbond substituents is 1. The van der Waals surface area contributed by atoms with Gasteiger partial charge in [0.15, 0.2) is 0 Å². The Labute approximate surface area is 196 Å². The largest absolute Gasteiger partial charge is 0.508 e. The van der Waals surface area contributed by atoms with E-state index in [4.69, 9.17) is 10.8 Å². The number of aromatic hydroxyl groups is 1. The summed E-state index contributed by atoms with van der Waals surface area (Å²) >= 11 is 0. The molecule has 5 atom stereocenters. The van der Waals surface area contributed by atoms with Crippen molar-refractivity contribution in [3.8, 4) is 5.75 Å². The van der Waals surface area contributed by atoms with Gasteiger partial charge in [0.2, 0.25) is 17.7 Å². The summed E-state index contributed by atoms with van der Waals surface area (Å²) in [5, 5.41) is 34.9. The van der Waals surface area contributed by atoms with E-state index in [-0.39, 0.29) is 18.1 Å². The molecule has 188 valence electrons. The number of phenols is 1. The van der Waals surface area contributed by atoms with E-state index < -0.39 is 60.2 Å². The third-order valence-corrected chi connectivity index (χ3v) is 5.27. The Balaban J connectivity index is 2.87. The molecule has 0 saturated carbocycles. The summed E-state index contributed by atoms with van der Waals surface area (Å²) in [5.74, 6) is -5.17. The molecule has 0 aliphatic rings. The summed E-state index contributed by atoms with van der Waals surface area (Å²) in [6.45, 7) is 4.84. The molecule has 12 heteroatoms. The molecule has 0 heterocycles. The van der Waals surface area contributed by atoms with E-state index in [2.05, 4.69) is 16.0 Å². The third-order valence-electron chi connectivity index (χ3n) is 5.27. The second kappa shape index (κ2) is 13.1. The molecule has 3 amide bonds. The van der Waals surface area contributed by atoms with Gasteiger partial charge in [-0.3, -0.25) is 19.2 Å². The van der Waals surface area contributed by atoms with E-state index in [1.165, 1.54) is 31.2 Å². The Kier molecular flexibility index (Phi) is 11.0. The molecule has 12 nitrogen and oxygen atoms in total. The number of carbonyl (C=O) groups excluding carboxylic acids is 3. The first-order valence-corrected chi connectivity index (χ1v) is 10.7. The fourth-order valence-electron chi connectivity index (χ4n) is 2.98. The lowest BCUT2D eigenvalue weighted by Gasteiger charge is -2.27. The van der Waals surface area contributed by atoms with Gasteiger partial charge in [-0.1, -0.05) is 32.4 Å². The number of nitrogens with one attached hydrogen (secondary N) is 3. The van der Waals surface area contributed by atoms with Gasteiger partial charge in [-0.15, -0.1) is 0 Å². The number of amides is 3. The Bertz CT molecular complexity index is 889. The fourth-order valence-corrected chi connectivity index (χ4v) is 2.98.